The molecule has 0 spiro atoms. The number of aryl methyl sites for hydroxylation is 2. The summed E-state index contributed by atoms with van der Waals surface area (Å²) < 4.78 is 2.98. The topological polar surface area (TPSA) is 77.6 Å². The van der Waals surface area contributed by atoms with Gasteiger partial charge >= 0.3 is 0 Å². The fraction of sp³-hybridized carbons (Fsp3) is 0.667. The molecule has 2 heterocycles. The van der Waals surface area contributed by atoms with Crippen LogP contribution >= 0.6 is 0 Å². The summed E-state index contributed by atoms with van der Waals surface area (Å²) in [5, 5.41) is 15.8. The first-order valence-electron chi connectivity index (χ1n) is 6.60. The van der Waals surface area contributed by atoms with Gasteiger partial charge in [0.2, 0.25) is 0 Å². The Bertz CT molecular complexity index is 598. The lowest BCUT2D eigenvalue weighted by molar-refractivity contribution is 0.442. The number of hydrogen-bond acceptors (Lipinski definition) is 5. The summed E-state index contributed by atoms with van der Waals surface area (Å²) >= 11 is 0. The Labute approximate surface area is 111 Å². The molecule has 0 saturated carbocycles. The molecule has 0 aromatic carbocycles. The molecule has 0 amide bonds. The highest BCUT2D eigenvalue weighted by Gasteiger charge is 2.09. The number of rotatable bonds is 6. The van der Waals surface area contributed by atoms with E-state index in [9.17, 15) is 4.79 Å². The van der Waals surface area contributed by atoms with Gasteiger partial charge in [-0.2, -0.15) is 5.10 Å². The molecule has 1 unspecified atom stereocenters. The summed E-state index contributed by atoms with van der Waals surface area (Å²) in [7, 11) is 3.71. The molecule has 104 valence electrons. The third-order valence-corrected chi connectivity index (χ3v) is 3.44. The van der Waals surface area contributed by atoms with Crippen LogP contribution in [0.25, 0.3) is 11.0 Å². The quantitative estimate of drug-likeness (QED) is 0.812. The van der Waals surface area contributed by atoms with E-state index >= 15 is 0 Å². The van der Waals surface area contributed by atoms with Crippen LogP contribution in [0.5, 0.6) is 0 Å². The van der Waals surface area contributed by atoms with Gasteiger partial charge in [-0.05, 0) is 26.3 Å². The smallest absolute Gasteiger partial charge is 0.280 e. The first-order valence-corrected chi connectivity index (χ1v) is 6.60. The average molecular weight is 264 g/mol. The number of nitrogens with one attached hydrogen (secondary N) is 1. The molecule has 1 N–H and O–H groups in total. The van der Waals surface area contributed by atoms with Crippen LogP contribution in [-0.4, -0.2) is 37.9 Å². The molecule has 2 rings (SSSR count). The Balaban J connectivity index is 2.09. The molecule has 0 aliphatic carbocycles. The molecule has 7 heteroatoms. The van der Waals surface area contributed by atoms with E-state index in [4.69, 9.17) is 0 Å². The highest BCUT2D eigenvalue weighted by Crippen LogP contribution is 2.04. The second-order valence-corrected chi connectivity index (χ2v) is 4.66. The molecule has 0 aliphatic rings. The van der Waals surface area contributed by atoms with Crippen molar-refractivity contribution < 1.29 is 0 Å². The standard InChI is InChI=1S/C12H20N6O/c1-4-9(13-2)6-5-7-18-12(19)10-8-14-17(3)11(10)15-16-18/h8-9,13H,4-7H2,1-3H3. The number of fused-ring (bicyclic) bond motifs is 1. The summed E-state index contributed by atoms with van der Waals surface area (Å²) in [4.78, 5) is 12.1. The predicted molar refractivity (Wildman–Crippen MR) is 72.9 cm³/mol. The SMILES string of the molecule is CCC(CCCn1nnc2c(cnn2C)c1=O)NC. The van der Waals surface area contributed by atoms with Crippen molar-refractivity contribution in [2.24, 2.45) is 7.05 Å². The van der Waals surface area contributed by atoms with Crippen molar-refractivity contribution >= 4 is 11.0 Å². The van der Waals surface area contributed by atoms with Crippen molar-refractivity contribution in [2.75, 3.05) is 7.05 Å². The highest BCUT2D eigenvalue weighted by atomic mass is 16.1. The van der Waals surface area contributed by atoms with Crippen LogP contribution in [0.2, 0.25) is 0 Å². The van der Waals surface area contributed by atoms with Gasteiger partial charge in [-0.15, -0.1) is 5.10 Å². The molecule has 1 atom stereocenters. The lowest BCUT2D eigenvalue weighted by Crippen LogP contribution is -2.27. The second kappa shape index (κ2) is 5.92. The van der Waals surface area contributed by atoms with Gasteiger partial charge < -0.3 is 5.32 Å². The van der Waals surface area contributed by atoms with Crippen LogP contribution < -0.4 is 10.9 Å². The van der Waals surface area contributed by atoms with Crippen molar-refractivity contribution in [2.45, 2.75) is 38.8 Å². The van der Waals surface area contributed by atoms with Crippen molar-refractivity contribution in [1.82, 2.24) is 30.1 Å². The molecular formula is C12H20N6O. The minimum Gasteiger partial charge on any atom is -0.317 e. The summed E-state index contributed by atoms with van der Waals surface area (Å²) in [6.45, 7) is 2.74. The second-order valence-electron chi connectivity index (χ2n) is 4.66. The molecule has 19 heavy (non-hydrogen) atoms. The van der Waals surface area contributed by atoms with Crippen LogP contribution in [0, 0.1) is 0 Å². The van der Waals surface area contributed by atoms with Gasteiger partial charge in [0, 0.05) is 19.6 Å². The predicted octanol–water partition coefficient (Wildman–Crippen LogP) is 0.303. The van der Waals surface area contributed by atoms with E-state index in [1.807, 2.05) is 7.05 Å². The van der Waals surface area contributed by atoms with Crippen LogP contribution in [0.1, 0.15) is 26.2 Å². The Morgan fingerprint density at radius 1 is 1.47 bits per heavy atom. The fourth-order valence-electron chi connectivity index (χ4n) is 2.16. The van der Waals surface area contributed by atoms with Crippen molar-refractivity contribution in [3.8, 4) is 0 Å². The number of aromatic nitrogens is 5. The Morgan fingerprint density at radius 2 is 2.26 bits per heavy atom. The van der Waals surface area contributed by atoms with Crippen molar-refractivity contribution in [3.05, 3.63) is 16.6 Å². The van der Waals surface area contributed by atoms with E-state index < -0.39 is 0 Å². The van der Waals surface area contributed by atoms with Crippen molar-refractivity contribution in [1.29, 1.82) is 0 Å². The highest BCUT2D eigenvalue weighted by molar-refractivity contribution is 5.72. The summed E-state index contributed by atoms with van der Waals surface area (Å²) in [5.41, 5.74) is 0.415. The minimum absolute atomic E-state index is 0.115. The fourth-order valence-corrected chi connectivity index (χ4v) is 2.16. The van der Waals surface area contributed by atoms with Crippen LogP contribution in [-0.2, 0) is 13.6 Å². The Hall–Kier alpha value is -1.76. The zero-order valence-corrected chi connectivity index (χ0v) is 11.6. The third kappa shape index (κ3) is 2.81. The van der Waals surface area contributed by atoms with E-state index in [1.165, 1.54) is 4.68 Å². The maximum atomic E-state index is 12.1. The average Bonchev–Trinajstić information content (AvgIpc) is 2.80. The van der Waals surface area contributed by atoms with Crippen LogP contribution in [0.3, 0.4) is 0 Å². The molecule has 0 saturated heterocycles. The van der Waals surface area contributed by atoms with Crippen molar-refractivity contribution in [3.63, 3.8) is 0 Å². The molecule has 0 aliphatic heterocycles. The van der Waals surface area contributed by atoms with E-state index in [2.05, 4.69) is 27.7 Å². The summed E-state index contributed by atoms with van der Waals surface area (Å²) in [6.07, 6.45) is 4.55. The number of hydrogen-bond donors (Lipinski definition) is 1. The molecule has 0 radical (unpaired) electrons. The first kappa shape index (κ1) is 13.7. The lowest BCUT2D eigenvalue weighted by atomic mass is 10.1. The molecule has 2 aromatic heterocycles. The zero-order valence-electron chi connectivity index (χ0n) is 11.6. The first-order chi connectivity index (χ1) is 9.17. The monoisotopic (exact) mass is 264 g/mol. The van der Waals surface area contributed by atoms with E-state index in [0.29, 0.717) is 23.6 Å². The summed E-state index contributed by atoms with van der Waals surface area (Å²) in [5.74, 6) is 0. The van der Waals surface area contributed by atoms with Crippen LogP contribution in [0.4, 0.5) is 0 Å². The zero-order chi connectivity index (χ0) is 13.8. The molecular weight excluding hydrogens is 244 g/mol. The summed E-state index contributed by atoms with van der Waals surface area (Å²) in [6, 6.07) is 0.491. The molecule has 2 aromatic rings. The van der Waals surface area contributed by atoms with E-state index in [0.717, 1.165) is 19.3 Å². The van der Waals surface area contributed by atoms with Gasteiger partial charge in [0.1, 0.15) is 5.39 Å². The van der Waals surface area contributed by atoms with Gasteiger partial charge in [-0.25, -0.2) is 9.36 Å². The maximum absolute atomic E-state index is 12.1. The minimum atomic E-state index is -0.115. The normalized spacial score (nSPS) is 13.0. The van der Waals surface area contributed by atoms with Gasteiger partial charge in [0.25, 0.3) is 5.56 Å². The number of nitrogens with zero attached hydrogens (tertiary/aromatic N) is 5. The van der Waals surface area contributed by atoms with Gasteiger partial charge in [-0.1, -0.05) is 12.1 Å². The third-order valence-electron chi connectivity index (χ3n) is 3.44. The Morgan fingerprint density at radius 3 is 2.95 bits per heavy atom. The lowest BCUT2D eigenvalue weighted by Gasteiger charge is -2.13. The van der Waals surface area contributed by atoms with Gasteiger partial charge in [0.05, 0.1) is 6.20 Å². The molecule has 0 bridgehead atoms. The van der Waals surface area contributed by atoms with Gasteiger partial charge in [-0.3, -0.25) is 4.79 Å². The molecule has 7 nitrogen and oxygen atoms in total. The molecule has 0 fully saturated rings. The Kier molecular flexibility index (Phi) is 4.26. The maximum Gasteiger partial charge on any atom is 0.280 e. The van der Waals surface area contributed by atoms with Crippen LogP contribution in [0.15, 0.2) is 11.0 Å². The largest absolute Gasteiger partial charge is 0.317 e. The van der Waals surface area contributed by atoms with E-state index in [-0.39, 0.29) is 5.56 Å². The van der Waals surface area contributed by atoms with E-state index in [1.54, 1.807) is 17.9 Å². The van der Waals surface area contributed by atoms with Gasteiger partial charge in [0.15, 0.2) is 5.65 Å².